The first-order valence-corrected chi connectivity index (χ1v) is 6.09. The summed E-state index contributed by atoms with van der Waals surface area (Å²) < 4.78 is 5.14. The first-order chi connectivity index (χ1) is 9.17. The van der Waals surface area contributed by atoms with Crippen molar-refractivity contribution in [1.82, 2.24) is 15.3 Å². The molecule has 6 heteroatoms. The highest BCUT2D eigenvalue weighted by molar-refractivity contribution is 5.79. The highest BCUT2D eigenvalue weighted by Crippen LogP contribution is 2.41. The van der Waals surface area contributed by atoms with Gasteiger partial charge in [0.05, 0.1) is 36.6 Å². The Morgan fingerprint density at radius 3 is 2.95 bits per heavy atom. The predicted molar refractivity (Wildman–Crippen MR) is 68.8 cm³/mol. The van der Waals surface area contributed by atoms with Crippen LogP contribution < -0.4 is 5.32 Å². The summed E-state index contributed by atoms with van der Waals surface area (Å²) in [6.45, 7) is 0.462. The third-order valence-corrected chi connectivity index (χ3v) is 3.76. The summed E-state index contributed by atoms with van der Waals surface area (Å²) in [7, 11) is 1.77. The van der Waals surface area contributed by atoms with Crippen LogP contribution in [0.25, 0.3) is 11.0 Å². The number of benzene rings is 1. The number of hydrogen-bond donors (Lipinski definition) is 3. The fraction of sp³-hybridized carbons (Fsp3) is 0.385. The number of aromatic amines is 1. The number of carbonyl (C=O) groups is 1. The van der Waals surface area contributed by atoms with Crippen LogP contribution >= 0.6 is 0 Å². The zero-order chi connectivity index (χ0) is 13.5. The van der Waals surface area contributed by atoms with Crippen LogP contribution in [0.4, 0.5) is 0 Å². The van der Waals surface area contributed by atoms with Crippen LogP contribution in [-0.4, -0.2) is 41.3 Å². The summed E-state index contributed by atoms with van der Waals surface area (Å²) >= 11 is 0. The molecule has 3 N–H and O–H groups in total. The SMILES string of the molecule is CNC(c1ccc2nc[nH]c2c1)C1(C(=O)O)COC1. The molecule has 19 heavy (non-hydrogen) atoms. The zero-order valence-electron chi connectivity index (χ0n) is 10.5. The number of carboxylic acids is 1. The van der Waals surface area contributed by atoms with Crippen molar-refractivity contribution in [2.75, 3.05) is 20.3 Å². The van der Waals surface area contributed by atoms with E-state index in [9.17, 15) is 9.90 Å². The number of imidazole rings is 1. The number of carboxylic acid groups (broad SMARTS) is 1. The molecule has 3 rings (SSSR count). The lowest BCUT2D eigenvalue weighted by molar-refractivity contribution is -0.186. The third kappa shape index (κ3) is 1.72. The van der Waals surface area contributed by atoms with Gasteiger partial charge >= 0.3 is 5.97 Å². The molecule has 1 unspecified atom stereocenters. The lowest BCUT2D eigenvalue weighted by Crippen LogP contribution is -2.56. The van der Waals surface area contributed by atoms with Crippen molar-refractivity contribution >= 4 is 17.0 Å². The molecule has 2 heterocycles. The lowest BCUT2D eigenvalue weighted by atomic mass is 9.75. The number of aliphatic carboxylic acids is 1. The molecular formula is C13H15N3O3. The van der Waals surface area contributed by atoms with Crippen LogP contribution in [-0.2, 0) is 9.53 Å². The van der Waals surface area contributed by atoms with Gasteiger partial charge in [-0.1, -0.05) is 6.07 Å². The van der Waals surface area contributed by atoms with Gasteiger partial charge in [0.25, 0.3) is 0 Å². The largest absolute Gasteiger partial charge is 0.481 e. The highest BCUT2D eigenvalue weighted by Gasteiger charge is 2.52. The van der Waals surface area contributed by atoms with Crippen molar-refractivity contribution in [3.63, 3.8) is 0 Å². The normalized spacial score (nSPS) is 19.0. The molecule has 1 atom stereocenters. The van der Waals surface area contributed by atoms with Gasteiger partial charge in [0.15, 0.2) is 0 Å². The van der Waals surface area contributed by atoms with Crippen molar-refractivity contribution in [2.45, 2.75) is 6.04 Å². The number of fused-ring (bicyclic) bond motifs is 1. The molecule has 1 aromatic carbocycles. The molecule has 1 aliphatic rings. The molecule has 1 aliphatic heterocycles. The first kappa shape index (κ1) is 12.1. The van der Waals surface area contributed by atoms with Gasteiger partial charge in [0.2, 0.25) is 0 Å². The van der Waals surface area contributed by atoms with E-state index in [0.29, 0.717) is 0 Å². The smallest absolute Gasteiger partial charge is 0.316 e. The maximum atomic E-state index is 11.6. The molecule has 0 aliphatic carbocycles. The molecular weight excluding hydrogens is 246 g/mol. The van der Waals surface area contributed by atoms with Gasteiger partial charge < -0.3 is 20.1 Å². The Kier molecular flexibility index (Phi) is 2.76. The van der Waals surface area contributed by atoms with Crippen LogP contribution in [0.2, 0.25) is 0 Å². The number of rotatable bonds is 4. The second kappa shape index (κ2) is 4.32. The number of nitrogens with zero attached hydrogens (tertiary/aromatic N) is 1. The molecule has 1 fully saturated rings. The lowest BCUT2D eigenvalue weighted by Gasteiger charge is -2.43. The summed E-state index contributed by atoms with van der Waals surface area (Å²) in [5, 5.41) is 12.6. The Morgan fingerprint density at radius 1 is 1.58 bits per heavy atom. The molecule has 6 nitrogen and oxygen atoms in total. The summed E-state index contributed by atoms with van der Waals surface area (Å²) in [6.07, 6.45) is 1.63. The molecule has 1 aromatic heterocycles. The minimum absolute atomic E-state index is 0.231. The average Bonchev–Trinajstić information content (AvgIpc) is 2.79. The van der Waals surface area contributed by atoms with Crippen molar-refractivity contribution in [3.05, 3.63) is 30.1 Å². The van der Waals surface area contributed by atoms with E-state index in [1.165, 1.54) is 0 Å². The minimum Gasteiger partial charge on any atom is -0.481 e. The Hall–Kier alpha value is -1.92. The van der Waals surface area contributed by atoms with Crippen molar-refractivity contribution < 1.29 is 14.6 Å². The second-order valence-electron chi connectivity index (χ2n) is 4.85. The van der Waals surface area contributed by atoms with E-state index < -0.39 is 11.4 Å². The van der Waals surface area contributed by atoms with Crippen LogP contribution in [0.3, 0.4) is 0 Å². The van der Waals surface area contributed by atoms with E-state index in [1.807, 2.05) is 18.2 Å². The van der Waals surface area contributed by atoms with Gasteiger partial charge in [-0.15, -0.1) is 0 Å². The van der Waals surface area contributed by atoms with Gasteiger partial charge in [-0.25, -0.2) is 4.98 Å². The van der Waals surface area contributed by atoms with E-state index in [0.717, 1.165) is 16.6 Å². The van der Waals surface area contributed by atoms with Crippen LogP contribution in [0.15, 0.2) is 24.5 Å². The maximum absolute atomic E-state index is 11.6. The molecule has 0 radical (unpaired) electrons. The van der Waals surface area contributed by atoms with Gasteiger partial charge in [-0.2, -0.15) is 0 Å². The minimum atomic E-state index is -0.886. The quantitative estimate of drug-likeness (QED) is 0.762. The van der Waals surface area contributed by atoms with Gasteiger partial charge in [-0.3, -0.25) is 4.79 Å². The predicted octanol–water partition coefficient (Wildman–Crippen LogP) is 0.925. The molecule has 0 amide bonds. The zero-order valence-corrected chi connectivity index (χ0v) is 10.5. The van der Waals surface area contributed by atoms with E-state index in [4.69, 9.17) is 4.74 Å². The second-order valence-corrected chi connectivity index (χ2v) is 4.85. The number of ether oxygens (including phenoxy) is 1. The molecule has 0 bridgehead atoms. The van der Waals surface area contributed by atoms with Gasteiger partial charge in [0.1, 0.15) is 5.41 Å². The highest BCUT2D eigenvalue weighted by atomic mass is 16.5. The number of aromatic nitrogens is 2. The first-order valence-electron chi connectivity index (χ1n) is 6.09. The fourth-order valence-corrected chi connectivity index (χ4v) is 2.63. The summed E-state index contributed by atoms with van der Waals surface area (Å²) in [6, 6.07) is 5.45. The number of nitrogens with one attached hydrogen (secondary N) is 2. The van der Waals surface area contributed by atoms with Crippen molar-refractivity contribution in [3.8, 4) is 0 Å². The van der Waals surface area contributed by atoms with E-state index in [1.54, 1.807) is 13.4 Å². The number of H-pyrrole nitrogens is 1. The molecule has 100 valence electrons. The summed E-state index contributed by atoms with van der Waals surface area (Å²) in [4.78, 5) is 18.7. The summed E-state index contributed by atoms with van der Waals surface area (Å²) in [5.74, 6) is -0.831. The van der Waals surface area contributed by atoms with Crippen molar-refractivity contribution in [1.29, 1.82) is 0 Å². The summed E-state index contributed by atoms with van der Waals surface area (Å²) in [5.41, 5.74) is 1.80. The number of hydrogen-bond acceptors (Lipinski definition) is 4. The van der Waals surface area contributed by atoms with Gasteiger partial charge in [0, 0.05) is 0 Å². The topological polar surface area (TPSA) is 87.2 Å². The Bertz CT molecular complexity index is 618. The Labute approximate surface area is 109 Å². The van der Waals surface area contributed by atoms with Crippen LogP contribution in [0.5, 0.6) is 0 Å². The Morgan fingerprint density at radius 2 is 2.37 bits per heavy atom. The molecule has 2 aromatic rings. The van der Waals surface area contributed by atoms with E-state index >= 15 is 0 Å². The monoisotopic (exact) mass is 261 g/mol. The van der Waals surface area contributed by atoms with E-state index in [-0.39, 0.29) is 19.3 Å². The van der Waals surface area contributed by atoms with Crippen LogP contribution in [0, 0.1) is 5.41 Å². The fourth-order valence-electron chi connectivity index (χ4n) is 2.63. The van der Waals surface area contributed by atoms with Crippen molar-refractivity contribution in [2.24, 2.45) is 5.41 Å². The van der Waals surface area contributed by atoms with Crippen LogP contribution in [0.1, 0.15) is 11.6 Å². The van der Waals surface area contributed by atoms with Gasteiger partial charge in [-0.05, 0) is 24.7 Å². The average molecular weight is 261 g/mol. The molecule has 0 saturated carbocycles. The molecule has 0 spiro atoms. The maximum Gasteiger partial charge on any atom is 0.316 e. The Balaban J connectivity index is 2.03. The molecule has 1 saturated heterocycles. The third-order valence-electron chi connectivity index (χ3n) is 3.76. The standard InChI is InChI=1S/C13H15N3O3/c1-14-11(13(12(17)18)5-19-6-13)8-2-3-9-10(4-8)16-7-15-9/h2-4,7,11,14H,5-6H2,1H3,(H,15,16)(H,17,18). The van der Waals surface area contributed by atoms with E-state index in [2.05, 4.69) is 15.3 Å².